The Labute approximate surface area is 256 Å². The zero-order valence-corrected chi connectivity index (χ0v) is 25.4. The van der Waals surface area contributed by atoms with Gasteiger partial charge in [0.1, 0.15) is 18.2 Å². The van der Waals surface area contributed by atoms with Crippen LogP contribution in [0.2, 0.25) is 0 Å². The molecular weight excluding hydrogens is 570 g/mol. The highest BCUT2D eigenvalue weighted by molar-refractivity contribution is 5.82. The van der Waals surface area contributed by atoms with E-state index < -0.39 is 47.6 Å². The van der Waals surface area contributed by atoms with Crippen LogP contribution in [-0.2, 0) is 20.9 Å². The van der Waals surface area contributed by atoms with Crippen molar-refractivity contribution in [3.63, 3.8) is 0 Å². The van der Waals surface area contributed by atoms with Crippen molar-refractivity contribution < 1.29 is 28.3 Å². The lowest BCUT2D eigenvalue weighted by Gasteiger charge is -2.41. The van der Waals surface area contributed by atoms with Crippen LogP contribution >= 0.6 is 0 Å². The number of nitrogens with one attached hydrogen (secondary N) is 2. The minimum Gasteiger partial charge on any atom is -0.387 e. The molecule has 0 saturated heterocycles. The van der Waals surface area contributed by atoms with Gasteiger partial charge < -0.3 is 36.7 Å². The first-order valence-corrected chi connectivity index (χ1v) is 14.5. The third kappa shape index (κ3) is 9.18. The van der Waals surface area contributed by atoms with E-state index in [1.54, 1.807) is 12.3 Å². The topological polar surface area (TPSA) is 156 Å². The molecule has 0 fully saturated rings. The van der Waals surface area contributed by atoms with Gasteiger partial charge in [-0.3, -0.25) is 14.4 Å². The summed E-state index contributed by atoms with van der Waals surface area (Å²) in [5.74, 6) is -2.57. The second kappa shape index (κ2) is 15.6. The third-order valence-corrected chi connectivity index (χ3v) is 7.18. The predicted molar refractivity (Wildman–Crippen MR) is 164 cm³/mol. The summed E-state index contributed by atoms with van der Waals surface area (Å²) >= 11 is 0. The van der Waals surface area contributed by atoms with E-state index in [4.69, 9.17) is 11.5 Å². The van der Waals surface area contributed by atoms with Crippen molar-refractivity contribution >= 4 is 17.7 Å². The zero-order chi connectivity index (χ0) is 32.4. The second-order valence-corrected chi connectivity index (χ2v) is 11.6. The Bertz CT molecular complexity index is 1420. The normalized spacial score (nSPS) is 12.8. The number of aliphatic hydroxyl groups excluding tert-OH is 1. The molecule has 1 unspecified atom stereocenters. The number of benzene rings is 2. The number of hydrogen-bond acceptors (Lipinski definition) is 6. The maximum absolute atomic E-state index is 14.9. The summed E-state index contributed by atoms with van der Waals surface area (Å²) in [7, 11) is 0. The van der Waals surface area contributed by atoms with Crippen molar-refractivity contribution in [2.75, 3.05) is 32.8 Å². The molecule has 12 heteroatoms. The molecule has 0 aliphatic carbocycles. The zero-order valence-electron chi connectivity index (χ0n) is 25.4. The van der Waals surface area contributed by atoms with Gasteiger partial charge in [0.2, 0.25) is 17.7 Å². The average molecular weight is 613 g/mol. The molecule has 10 nitrogen and oxygen atoms in total. The molecular formula is C32H42F2N6O4. The van der Waals surface area contributed by atoms with Gasteiger partial charge in [0.05, 0.1) is 18.6 Å². The van der Waals surface area contributed by atoms with E-state index >= 15 is 0 Å². The number of carbonyl (C=O) groups is 3. The number of halogens is 2. The van der Waals surface area contributed by atoms with E-state index in [0.717, 1.165) is 23.8 Å². The lowest BCUT2D eigenvalue weighted by Crippen LogP contribution is -2.48. The van der Waals surface area contributed by atoms with Crippen LogP contribution in [0.4, 0.5) is 8.78 Å². The van der Waals surface area contributed by atoms with Crippen LogP contribution in [-0.4, -0.2) is 71.1 Å². The molecule has 0 radical (unpaired) electrons. The van der Waals surface area contributed by atoms with E-state index in [1.165, 1.54) is 4.90 Å². The first-order valence-electron chi connectivity index (χ1n) is 14.5. The lowest BCUT2D eigenvalue weighted by atomic mass is 9.82. The molecule has 2 aromatic carbocycles. The number of amides is 3. The van der Waals surface area contributed by atoms with Crippen LogP contribution in [0.25, 0.3) is 11.1 Å². The molecule has 44 heavy (non-hydrogen) atoms. The van der Waals surface area contributed by atoms with E-state index in [1.807, 2.05) is 55.7 Å². The summed E-state index contributed by atoms with van der Waals surface area (Å²) < 4.78 is 31.0. The van der Waals surface area contributed by atoms with E-state index in [-0.39, 0.29) is 44.1 Å². The standard InChI is InChI=1S/C32H42F2N6O4/c1-32(2,3)30(40(29(43)20-41)14-11-26(36)31(44)38-13-12-37-28(42)17-35)27-15-22(24-16-23(33)9-10-25(24)34)19-39(27)18-21-7-5-4-6-8-21/h4-10,15-16,19,26,30,41H,11-14,17-18,20,35-36H2,1-3H3,(H,37,42)(H,38,44)/t26-,30?/m0/s1. The number of aromatic nitrogens is 1. The smallest absolute Gasteiger partial charge is 0.248 e. The Kier molecular flexibility index (Phi) is 12.1. The Balaban J connectivity index is 1.97. The van der Waals surface area contributed by atoms with Gasteiger partial charge in [-0.25, -0.2) is 8.78 Å². The highest BCUT2D eigenvalue weighted by Crippen LogP contribution is 2.41. The summed E-state index contributed by atoms with van der Waals surface area (Å²) in [6.45, 7) is 5.59. The first kappa shape index (κ1) is 34.4. The quantitative estimate of drug-likeness (QED) is 0.176. The monoisotopic (exact) mass is 612 g/mol. The van der Waals surface area contributed by atoms with Crippen molar-refractivity contribution in [1.29, 1.82) is 0 Å². The number of hydrogen-bond donors (Lipinski definition) is 5. The molecule has 3 amide bonds. The van der Waals surface area contributed by atoms with Gasteiger partial charge in [0, 0.05) is 49.2 Å². The SMILES string of the molecule is CC(C)(C)C(c1cc(-c2cc(F)ccc2F)cn1Cc1ccccc1)N(CC[C@H](N)C(=O)NCCNC(=O)CN)C(=O)CO. The first-order chi connectivity index (χ1) is 20.8. The molecule has 0 aliphatic heterocycles. The molecule has 0 aliphatic rings. The minimum absolute atomic E-state index is 0.0278. The summed E-state index contributed by atoms with van der Waals surface area (Å²) in [6, 6.07) is 12.9. The van der Waals surface area contributed by atoms with Crippen LogP contribution < -0.4 is 22.1 Å². The predicted octanol–water partition coefficient (Wildman–Crippen LogP) is 2.30. The molecule has 0 bridgehead atoms. The second-order valence-electron chi connectivity index (χ2n) is 11.6. The fourth-order valence-electron chi connectivity index (χ4n) is 5.10. The highest BCUT2D eigenvalue weighted by Gasteiger charge is 2.37. The van der Waals surface area contributed by atoms with Crippen LogP contribution in [0.5, 0.6) is 0 Å². The van der Waals surface area contributed by atoms with Gasteiger partial charge in [-0.1, -0.05) is 51.1 Å². The third-order valence-electron chi connectivity index (χ3n) is 7.18. The van der Waals surface area contributed by atoms with Crippen molar-refractivity contribution in [3.8, 4) is 11.1 Å². The van der Waals surface area contributed by atoms with E-state index in [2.05, 4.69) is 10.6 Å². The van der Waals surface area contributed by atoms with Crippen molar-refractivity contribution in [2.45, 2.75) is 45.8 Å². The van der Waals surface area contributed by atoms with Crippen molar-refractivity contribution in [3.05, 3.63) is 83.7 Å². The number of nitrogens with zero attached hydrogens (tertiary/aromatic N) is 2. The van der Waals surface area contributed by atoms with Gasteiger partial charge in [0.25, 0.3) is 0 Å². The molecule has 1 heterocycles. The van der Waals surface area contributed by atoms with Gasteiger partial charge in [-0.15, -0.1) is 0 Å². The van der Waals surface area contributed by atoms with Gasteiger partial charge >= 0.3 is 0 Å². The number of rotatable bonds is 14. The fraction of sp³-hybridized carbons (Fsp3) is 0.406. The van der Waals surface area contributed by atoms with Crippen LogP contribution in [0.1, 0.15) is 44.5 Å². The molecule has 3 aromatic rings. The highest BCUT2D eigenvalue weighted by atomic mass is 19.1. The van der Waals surface area contributed by atoms with Crippen LogP contribution in [0.15, 0.2) is 60.8 Å². The Morgan fingerprint density at radius 3 is 2.34 bits per heavy atom. The number of aliphatic hydroxyl groups is 1. The molecule has 2 atom stereocenters. The Morgan fingerprint density at radius 1 is 1.02 bits per heavy atom. The van der Waals surface area contributed by atoms with Crippen molar-refractivity contribution in [1.82, 2.24) is 20.1 Å². The maximum atomic E-state index is 14.9. The molecule has 0 saturated carbocycles. The Morgan fingerprint density at radius 2 is 1.70 bits per heavy atom. The van der Waals surface area contributed by atoms with E-state index in [9.17, 15) is 28.3 Å². The largest absolute Gasteiger partial charge is 0.387 e. The van der Waals surface area contributed by atoms with E-state index in [0.29, 0.717) is 17.8 Å². The lowest BCUT2D eigenvalue weighted by molar-refractivity contribution is -0.140. The Hall–Kier alpha value is -4.13. The van der Waals surface area contributed by atoms with Crippen LogP contribution in [0, 0.1) is 17.0 Å². The molecule has 0 spiro atoms. The van der Waals surface area contributed by atoms with Gasteiger partial charge in [0.15, 0.2) is 0 Å². The average Bonchev–Trinajstić information content (AvgIpc) is 3.39. The minimum atomic E-state index is -0.983. The molecule has 238 valence electrons. The van der Waals surface area contributed by atoms with Crippen molar-refractivity contribution in [2.24, 2.45) is 16.9 Å². The van der Waals surface area contributed by atoms with Crippen LogP contribution in [0.3, 0.4) is 0 Å². The number of carbonyl (C=O) groups excluding carboxylic acids is 3. The summed E-state index contributed by atoms with van der Waals surface area (Å²) in [5.41, 5.74) is 12.9. The molecule has 7 N–H and O–H groups in total. The summed E-state index contributed by atoms with van der Waals surface area (Å²) in [6.07, 6.45) is 1.80. The molecule has 3 rings (SSSR count). The summed E-state index contributed by atoms with van der Waals surface area (Å²) in [4.78, 5) is 38.7. The summed E-state index contributed by atoms with van der Waals surface area (Å²) in [5, 5.41) is 15.2. The maximum Gasteiger partial charge on any atom is 0.248 e. The number of nitrogens with two attached hydrogens (primary N) is 2. The van der Waals surface area contributed by atoms with Gasteiger partial charge in [-0.2, -0.15) is 0 Å². The molecule has 1 aromatic heterocycles. The van der Waals surface area contributed by atoms with Gasteiger partial charge in [-0.05, 0) is 41.7 Å². The fourth-order valence-corrected chi connectivity index (χ4v) is 5.10.